The van der Waals surface area contributed by atoms with Gasteiger partial charge in [0.1, 0.15) is 11.0 Å². The minimum absolute atomic E-state index is 0.00695. The number of amides is 1. The van der Waals surface area contributed by atoms with Crippen molar-refractivity contribution in [3.8, 4) is 5.69 Å². The molecule has 0 atom stereocenters. The van der Waals surface area contributed by atoms with Crippen molar-refractivity contribution < 1.29 is 9.18 Å². The number of benzene rings is 1. The molecule has 23 heavy (non-hydrogen) atoms. The Labute approximate surface area is 139 Å². The Hall–Kier alpha value is -2.14. The first-order chi connectivity index (χ1) is 11.1. The molecule has 0 bridgehead atoms. The smallest absolute Gasteiger partial charge is 0.246 e. The third-order valence-electron chi connectivity index (χ3n) is 3.93. The number of rotatable bonds is 3. The first kappa shape index (κ1) is 15.7. The van der Waals surface area contributed by atoms with Gasteiger partial charge < -0.3 is 4.90 Å². The van der Waals surface area contributed by atoms with Gasteiger partial charge in [-0.2, -0.15) is 5.10 Å². The van der Waals surface area contributed by atoms with Gasteiger partial charge in [-0.1, -0.05) is 11.6 Å². The molecule has 2 aromatic rings. The van der Waals surface area contributed by atoms with Crippen LogP contribution in [0.25, 0.3) is 11.8 Å². The van der Waals surface area contributed by atoms with Gasteiger partial charge in [0.05, 0.1) is 11.4 Å². The molecule has 0 saturated carbocycles. The molecule has 0 aliphatic carbocycles. The van der Waals surface area contributed by atoms with Gasteiger partial charge in [-0.15, -0.1) is 0 Å². The van der Waals surface area contributed by atoms with Gasteiger partial charge in [0.15, 0.2) is 0 Å². The van der Waals surface area contributed by atoms with E-state index >= 15 is 0 Å². The predicted octanol–water partition coefficient (Wildman–Crippen LogP) is 3.61. The quantitative estimate of drug-likeness (QED) is 0.805. The number of hydrogen-bond donors (Lipinski definition) is 0. The number of halogens is 2. The van der Waals surface area contributed by atoms with Crippen LogP contribution in [0, 0.1) is 12.7 Å². The maximum atomic E-state index is 13.0. The maximum absolute atomic E-state index is 13.0. The Morgan fingerprint density at radius 1 is 1.26 bits per heavy atom. The summed E-state index contributed by atoms with van der Waals surface area (Å²) in [5, 5.41) is 4.77. The van der Waals surface area contributed by atoms with Crippen LogP contribution in [0.5, 0.6) is 0 Å². The van der Waals surface area contributed by atoms with E-state index in [2.05, 4.69) is 5.10 Å². The number of hydrogen-bond acceptors (Lipinski definition) is 2. The summed E-state index contributed by atoms with van der Waals surface area (Å²) >= 11 is 6.38. The van der Waals surface area contributed by atoms with Crippen molar-refractivity contribution >= 4 is 23.6 Å². The van der Waals surface area contributed by atoms with Crippen LogP contribution in [0.1, 0.15) is 24.1 Å². The minimum Gasteiger partial charge on any atom is -0.339 e. The average Bonchev–Trinajstić information content (AvgIpc) is 3.16. The zero-order valence-corrected chi connectivity index (χ0v) is 13.6. The fraction of sp³-hybridized carbons (Fsp3) is 0.294. The Morgan fingerprint density at radius 3 is 2.57 bits per heavy atom. The van der Waals surface area contributed by atoms with Crippen molar-refractivity contribution in [3.63, 3.8) is 0 Å². The van der Waals surface area contributed by atoms with E-state index < -0.39 is 0 Å². The van der Waals surface area contributed by atoms with Crippen LogP contribution in [-0.4, -0.2) is 33.7 Å². The number of aromatic nitrogens is 2. The van der Waals surface area contributed by atoms with Gasteiger partial charge in [-0.25, -0.2) is 9.07 Å². The highest BCUT2D eigenvalue weighted by molar-refractivity contribution is 6.31. The summed E-state index contributed by atoms with van der Waals surface area (Å²) in [6.45, 7) is 3.45. The molecule has 120 valence electrons. The standard InChI is InChI=1S/C17H17ClFN3O/c1-12-15(8-9-16(23)21-10-2-3-11-21)17(18)22(20-12)14-6-4-13(19)5-7-14/h4-9H,2-3,10-11H2,1H3. The number of carbonyl (C=O) groups excluding carboxylic acids is 1. The van der Waals surface area contributed by atoms with Crippen molar-refractivity contribution in [1.82, 2.24) is 14.7 Å². The molecule has 6 heteroatoms. The van der Waals surface area contributed by atoms with Crippen molar-refractivity contribution in [2.75, 3.05) is 13.1 Å². The Kier molecular flexibility index (Phi) is 4.48. The molecule has 1 saturated heterocycles. The number of likely N-dealkylation sites (tertiary alicyclic amines) is 1. The molecular weight excluding hydrogens is 317 g/mol. The average molecular weight is 334 g/mol. The zero-order chi connectivity index (χ0) is 16.4. The van der Waals surface area contributed by atoms with E-state index in [1.807, 2.05) is 11.8 Å². The SMILES string of the molecule is Cc1nn(-c2ccc(F)cc2)c(Cl)c1C=CC(=O)N1CCCC1. The first-order valence-electron chi connectivity index (χ1n) is 7.54. The summed E-state index contributed by atoms with van der Waals surface area (Å²) in [7, 11) is 0. The van der Waals surface area contributed by atoms with E-state index in [1.165, 1.54) is 22.9 Å². The summed E-state index contributed by atoms with van der Waals surface area (Å²) in [5.74, 6) is -0.322. The van der Waals surface area contributed by atoms with Crippen LogP contribution in [0.4, 0.5) is 4.39 Å². The molecular formula is C17H17ClFN3O. The molecule has 3 rings (SSSR count). The van der Waals surface area contributed by atoms with Crippen molar-refractivity contribution in [1.29, 1.82) is 0 Å². The molecule has 0 spiro atoms. The van der Waals surface area contributed by atoms with Crippen molar-refractivity contribution in [3.05, 3.63) is 52.6 Å². The lowest BCUT2D eigenvalue weighted by molar-refractivity contribution is -0.124. The van der Waals surface area contributed by atoms with Gasteiger partial charge in [0, 0.05) is 24.7 Å². The van der Waals surface area contributed by atoms with Crippen LogP contribution in [0.3, 0.4) is 0 Å². The molecule has 0 N–H and O–H groups in total. The summed E-state index contributed by atoms with van der Waals surface area (Å²) < 4.78 is 14.6. The second-order valence-corrected chi connectivity index (χ2v) is 5.90. The normalized spacial score (nSPS) is 14.8. The van der Waals surface area contributed by atoms with E-state index in [0.29, 0.717) is 22.1 Å². The van der Waals surface area contributed by atoms with Crippen LogP contribution >= 0.6 is 11.6 Å². The molecule has 1 aliphatic rings. The largest absolute Gasteiger partial charge is 0.339 e. The lowest BCUT2D eigenvalue weighted by Gasteiger charge is -2.11. The molecule has 1 amide bonds. The third-order valence-corrected chi connectivity index (χ3v) is 4.29. The monoisotopic (exact) mass is 333 g/mol. The molecule has 4 nitrogen and oxygen atoms in total. The molecule has 1 aliphatic heterocycles. The second kappa shape index (κ2) is 6.54. The molecule has 1 fully saturated rings. The highest BCUT2D eigenvalue weighted by Crippen LogP contribution is 2.25. The molecule has 1 aromatic carbocycles. The fourth-order valence-corrected chi connectivity index (χ4v) is 2.99. The second-order valence-electron chi connectivity index (χ2n) is 5.54. The highest BCUT2D eigenvalue weighted by atomic mass is 35.5. The summed E-state index contributed by atoms with van der Waals surface area (Å²) in [6, 6.07) is 5.93. The Balaban J connectivity index is 1.85. The number of carbonyl (C=O) groups is 1. The van der Waals surface area contributed by atoms with Gasteiger partial charge in [-0.3, -0.25) is 4.79 Å². The van der Waals surface area contributed by atoms with Crippen LogP contribution in [0.15, 0.2) is 30.3 Å². The minimum atomic E-state index is -0.315. The van der Waals surface area contributed by atoms with Gasteiger partial charge in [0.25, 0.3) is 0 Å². The topological polar surface area (TPSA) is 38.1 Å². The van der Waals surface area contributed by atoms with Crippen molar-refractivity contribution in [2.45, 2.75) is 19.8 Å². The molecule has 2 heterocycles. The van der Waals surface area contributed by atoms with E-state index in [4.69, 9.17) is 11.6 Å². The summed E-state index contributed by atoms with van der Waals surface area (Å²) in [6.07, 6.45) is 5.35. The first-order valence-corrected chi connectivity index (χ1v) is 7.92. The number of nitrogens with zero attached hydrogens (tertiary/aromatic N) is 3. The van der Waals surface area contributed by atoms with Gasteiger partial charge >= 0.3 is 0 Å². The highest BCUT2D eigenvalue weighted by Gasteiger charge is 2.17. The Morgan fingerprint density at radius 2 is 1.91 bits per heavy atom. The summed E-state index contributed by atoms with van der Waals surface area (Å²) in [4.78, 5) is 13.9. The van der Waals surface area contributed by atoms with E-state index in [-0.39, 0.29) is 11.7 Å². The fourth-order valence-electron chi connectivity index (χ4n) is 2.65. The number of aryl methyl sites for hydroxylation is 1. The Bertz CT molecular complexity index is 746. The lowest BCUT2D eigenvalue weighted by atomic mass is 10.2. The van der Waals surface area contributed by atoms with Crippen molar-refractivity contribution in [2.24, 2.45) is 0 Å². The van der Waals surface area contributed by atoms with Crippen LogP contribution in [0.2, 0.25) is 5.15 Å². The predicted molar refractivity (Wildman–Crippen MR) is 88.1 cm³/mol. The van der Waals surface area contributed by atoms with E-state index in [0.717, 1.165) is 25.9 Å². The van der Waals surface area contributed by atoms with Crippen LogP contribution in [-0.2, 0) is 4.79 Å². The molecule has 0 unspecified atom stereocenters. The molecule has 1 aromatic heterocycles. The summed E-state index contributed by atoms with van der Waals surface area (Å²) in [5.41, 5.74) is 2.08. The van der Waals surface area contributed by atoms with Gasteiger partial charge in [-0.05, 0) is 50.1 Å². The third kappa shape index (κ3) is 3.29. The van der Waals surface area contributed by atoms with E-state index in [1.54, 1.807) is 18.2 Å². The van der Waals surface area contributed by atoms with Crippen LogP contribution < -0.4 is 0 Å². The maximum Gasteiger partial charge on any atom is 0.246 e. The molecule has 0 radical (unpaired) electrons. The lowest BCUT2D eigenvalue weighted by Crippen LogP contribution is -2.25. The van der Waals surface area contributed by atoms with E-state index in [9.17, 15) is 9.18 Å². The zero-order valence-electron chi connectivity index (χ0n) is 12.8. The van der Waals surface area contributed by atoms with Gasteiger partial charge in [0.2, 0.25) is 5.91 Å².